The average Bonchev–Trinajstić information content (AvgIpc) is 3.37. The largest absolute Gasteiger partial charge is 0.308 e. The molecule has 5 aromatic rings. The molecule has 0 amide bonds. The molecule has 0 atom stereocenters. The molecule has 8 heteroatoms. The van der Waals surface area contributed by atoms with Gasteiger partial charge in [0.25, 0.3) is 0 Å². The summed E-state index contributed by atoms with van der Waals surface area (Å²) in [4.78, 5) is 12.7. The van der Waals surface area contributed by atoms with Crippen LogP contribution in [-0.4, -0.2) is 19.3 Å². The smallest absolute Gasteiger partial charge is 0.304 e. The third-order valence-electron chi connectivity index (χ3n) is 5.39. The summed E-state index contributed by atoms with van der Waals surface area (Å²) >= 11 is 2.76. The number of para-hydroxylation sites is 1. The number of aryl methyl sites for hydroxylation is 1. The molecule has 2 aromatic heterocycles. The standard InChI is InChI=1S/C25H21FN4OS2/c26-20-10-6-9-19(15-20)17-32-24-28-27-23(29(24)14-13-18-7-2-1-3-8-18)16-30-21-11-4-5-12-22(21)33-25(30)31/h1-12,15H,13-14,16-17H2. The number of thioether (sulfide) groups is 1. The van der Waals surface area contributed by atoms with Gasteiger partial charge in [0.1, 0.15) is 5.82 Å². The van der Waals surface area contributed by atoms with Crippen LogP contribution >= 0.6 is 23.1 Å². The number of benzene rings is 3. The molecule has 0 bridgehead atoms. The first-order valence-corrected chi connectivity index (χ1v) is 12.4. The van der Waals surface area contributed by atoms with Gasteiger partial charge in [0.05, 0.1) is 16.8 Å². The molecule has 0 aliphatic heterocycles. The van der Waals surface area contributed by atoms with Crippen molar-refractivity contribution in [3.63, 3.8) is 0 Å². The molecule has 0 aliphatic rings. The fourth-order valence-electron chi connectivity index (χ4n) is 3.73. The Morgan fingerprint density at radius 3 is 2.52 bits per heavy atom. The van der Waals surface area contributed by atoms with Gasteiger partial charge in [0, 0.05) is 12.3 Å². The van der Waals surface area contributed by atoms with E-state index in [9.17, 15) is 9.18 Å². The number of hydrogen-bond donors (Lipinski definition) is 0. The summed E-state index contributed by atoms with van der Waals surface area (Å²) in [6.07, 6.45) is 0.818. The highest BCUT2D eigenvalue weighted by atomic mass is 32.2. The van der Waals surface area contributed by atoms with E-state index in [1.807, 2.05) is 48.5 Å². The second-order valence-corrected chi connectivity index (χ2v) is 9.56. The molecule has 2 heterocycles. The predicted molar refractivity (Wildman–Crippen MR) is 131 cm³/mol. The summed E-state index contributed by atoms with van der Waals surface area (Å²) in [5.74, 6) is 1.07. The molecular formula is C25H21FN4OS2. The number of thiazole rings is 1. The van der Waals surface area contributed by atoms with Gasteiger partial charge in [-0.2, -0.15) is 0 Å². The summed E-state index contributed by atoms with van der Waals surface area (Å²) in [7, 11) is 0. The molecule has 5 rings (SSSR count). The molecule has 0 unspecified atom stereocenters. The van der Waals surface area contributed by atoms with Gasteiger partial charge in [-0.15, -0.1) is 10.2 Å². The van der Waals surface area contributed by atoms with Crippen molar-refractivity contribution >= 4 is 33.3 Å². The normalized spacial score (nSPS) is 11.3. The maximum absolute atomic E-state index is 13.6. The lowest BCUT2D eigenvalue weighted by Gasteiger charge is -2.11. The average molecular weight is 477 g/mol. The molecule has 166 valence electrons. The van der Waals surface area contributed by atoms with Crippen molar-refractivity contribution in [2.45, 2.75) is 30.4 Å². The minimum Gasteiger partial charge on any atom is -0.304 e. The minimum absolute atomic E-state index is 0.0113. The van der Waals surface area contributed by atoms with E-state index < -0.39 is 0 Å². The van der Waals surface area contributed by atoms with Crippen LogP contribution in [0.15, 0.2) is 88.8 Å². The van der Waals surface area contributed by atoms with Crippen molar-refractivity contribution in [2.24, 2.45) is 0 Å². The van der Waals surface area contributed by atoms with Gasteiger partial charge in [-0.1, -0.05) is 77.7 Å². The lowest BCUT2D eigenvalue weighted by atomic mass is 10.1. The second-order valence-electron chi connectivity index (χ2n) is 7.63. The van der Waals surface area contributed by atoms with E-state index in [-0.39, 0.29) is 10.7 Å². The Kier molecular flexibility index (Phi) is 6.37. The number of aromatic nitrogens is 4. The highest BCUT2D eigenvalue weighted by Crippen LogP contribution is 2.24. The Bertz CT molecular complexity index is 1440. The van der Waals surface area contributed by atoms with Gasteiger partial charge in [0.15, 0.2) is 11.0 Å². The van der Waals surface area contributed by atoms with E-state index in [1.165, 1.54) is 40.8 Å². The molecule has 0 radical (unpaired) electrons. The second kappa shape index (κ2) is 9.72. The Morgan fingerprint density at radius 1 is 0.879 bits per heavy atom. The first-order valence-electron chi connectivity index (χ1n) is 10.6. The number of hydrogen-bond acceptors (Lipinski definition) is 5. The first kappa shape index (κ1) is 21.6. The van der Waals surface area contributed by atoms with Crippen LogP contribution in [0.25, 0.3) is 10.2 Å². The lowest BCUT2D eigenvalue weighted by Crippen LogP contribution is -2.18. The van der Waals surface area contributed by atoms with Crippen LogP contribution in [-0.2, 0) is 25.3 Å². The molecular weight excluding hydrogens is 455 g/mol. The predicted octanol–water partition coefficient (Wildman–Crippen LogP) is 5.38. The van der Waals surface area contributed by atoms with E-state index in [0.717, 1.165) is 33.2 Å². The number of nitrogens with zero attached hydrogens (tertiary/aromatic N) is 4. The summed E-state index contributed by atoms with van der Waals surface area (Å²) in [5, 5.41) is 9.63. The molecule has 33 heavy (non-hydrogen) atoms. The highest BCUT2D eigenvalue weighted by Gasteiger charge is 2.16. The zero-order valence-electron chi connectivity index (χ0n) is 17.7. The molecule has 0 N–H and O–H groups in total. The van der Waals surface area contributed by atoms with Gasteiger partial charge in [-0.25, -0.2) is 4.39 Å². The van der Waals surface area contributed by atoms with E-state index in [1.54, 1.807) is 10.6 Å². The topological polar surface area (TPSA) is 52.7 Å². The van der Waals surface area contributed by atoms with Gasteiger partial charge in [-0.05, 0) is 41.8 Å². The first-order chi connectivity index (χ1) is 16.2. The molecule has 0 fully saturated rings. The Hall–Kier alpha value is -3.23. The van der Waals surface area contributed by atoms with Crippen LogP contribution in [0.2, 0.25) is 0 Å². The lowest BCUT2D eigenvalue weighted by molar-refractivity contribution is 0.586. The molecule has 0 aliphatic carbocycles. The molecule has 3 aromatic carbocycles. The Balaban J connectivity index is 1.44. The zero-order valence-corrected chi connectivity index (χ0v) is 19.4. The summed E-state index contributed by atoms with van der Waals surface area (Å²) in [6.45, 7) is 1.04. The van der Waals surface area contributed by atoms with Gasteiger partial charge >= 0.3 is 4.87 Å². The minimum atomic E-state index is -0.247. The SMILES string of the molecule is O=c1sc2ccccc2n1Cc1nnc(SCc2cccc(F)c2)n1CCc1ccccc1. The van der Waals surface area contributed by atoms with E-state index >= 15 is 0 Å². The van der Waals surface area contributed by atoms with Crippen LogP contribution in [0, 0.1) is 5.82 Å². The number of rotatable bonds is 8. The third-order valence-corrected chi connectivity index (χ3v) is 7.39. The van der Waals surface area contributed by atoms with Gasteiger partial charge in [0.2, 0.25) is 0 Å². The van der Waals surface area contributed by atoms with Crippen LogP contribution in [0.4, 0.5) is 4.39 Å². The number of halogens is 1. The summed E-state index contributed by atoms with van der Waals surface area (Å²) in [5.41, 5.74) is 3.01. The Labute approximate surface area is 198 Å². The zero-order chi connectivity index (χ0) is 22.6. The third kappa shape index (κ3) is 4.91. The van der Waals surface area contributed by atoms with Crippen molar-refractivity contribution in [3.8, 4) is 0 Å². The van der Waals surface area contributed by atoms with Crippen LogP contribution in [0.5, 0.6) is 0 Å². The quantitative estimate of drug-likeness (QED) is 0.282. The van der Waals surface area contributed by atoms with Crippen molar-refractivity contribution in [2.75, 3.05) is 0 Å². The Morgan fingerprint density at radius 2 is 1.67 bits per heavy atom. The van der Waals surface area contributed by atoms with Crippen molar-refractivity contribution in [1.29, 1.82) is 0 Å². The van der Waals surface area contributed by atoms with Gasteiger partial charge in [-0.3, -0.25) is 9.36 Å². The van der Waals surface area contributed by atoms with Gasteiger partial charge < -0.3 is 4.57 Å². The van der Waals surface area contributed by atoms with Crippen molar-refractivity contribution in [1.82, 2.24) is 19.3 Å². The molecule has 0 spiro atoms. The molecule has 0 saturated carbocycles. The van der Waals surface area contributed by atoms with E-state index in [2.05, 4.69) is 26.9 Å². The maximum atomic E-state index is 13.6. The number of fused-ring (bicyclic) bond motifs is 1. The highest BCUT2D eigenvalue weighted by molar-refractivity contribution is 7.98. The fourth-order valence-corrected chi connectivity index (χ4v) is 5.55. The van der Waals surface area contributed by atoms with E-state index in [0.29, 0.717) is 18.8 Å². The summed E-state index contributed by atoms with van der Waals surface area (Å²) in [6, 6.07) is 24.6. The maximum Gasteiger partial charge on any atom is 0.308 e. The molecule has 0 saturated heterocycles. The van der Waals surface area contributed by atoms with Crippen molar-refractivity contribution in [3.05, 3.63) is 111 Å². The fraction of sp³-hybridized carbons (Fsp3) is 0.160. The summed E-state index contributed by atoms with van der Waals surface area (Å²) < 4.78 is 18.4. The van der Waals surface area contributed by atoms with E-state index in [4.69, 9.17) is 0 Å². The van der Waals surface area contributed by atoms with Crippen LogP contribution < -0.4 is 4.87 Å². The van der Waals surface area contributed by atoms with Crippen molar-refractivity contribution < 1.29 is 4.39 Å². The monoisotopic (exact) mass is 476 g/mol. The van der Waals surface area contributed by atoms with Crippen LogP contribution in [0.3, 0.4) is 0 Å². The van der Waals surface area contributed by atoms with Crippen LogP contribution in [0.1, 0.15) is 17.0 Å². The molecule has 5 nitrogen and oxygen atoms in total.